The van der Waals surface area contributed by atoms with E-state index in [4.69, 9.17) is 10.5 Å². The Morgan fingerprint density at radius 3 is 2.56 bits per heavy atom. The first-order valence-electron chi connectivity index (χ1n) is 10.4. The van der Waals surface area contributed by atoms with Crippen molar-refractivity contribution in [2.24, 2.45) is 10.7 Å². The van der Waals surface area contributed by atoms with E-state index in [2.05, 4.69) is 20.6 Å². The van der Waals surface area contributed by atoms with E-state index >= 15 is 0 Å². The van der Waals surface area contributed by atoms with Gasteiger partial charge >= 0.3 is 6.03 Å². The zero-order valence-corrected chi connectivity index (χ0v) is 19.2. The van der Waals surface area contributed by atoms with Gasteiger partial charge in [0.15, 0.2) is 5.78 Å². The molecule has 10 heteroatoms. The van der Waals surface area contributed by atoms with E-state index in [-0.39, 0.29) is 17.9 Å². The molecule has 3 aromatic rings. The van der Waals surface area contributed by atoms with Crippen LogP contribution in [0.5, 0.6) is 0 Å². The monoisotopic (exact) mass is 462 g/mol. The lowest BCUT2D eigenvalue weighted by Gasteiger charge is -2.14. The Morgan fingerprint density at radius 2 is 1.91 bits per heavy atom. The van der Waals surface area contributed by atoms with Crippen LogP contribution in [-0.2, 0) is 11.3 Å². The van der Waals surface area contributed by atoms with E-state index in [1.54, 1.807) is 56.6 Å². The lowest BCUT2D eigenvalue weighted by molar-refractivity contribution is 0.101. The van der Waals surface area contributed by atoms with Gasteiger partial charge in [-0.2, -0.15) is 0 Å². The second-order valence-corrected chi connectivity index (χ2v) is 7.34. The van der Waals surface area contributed by atoms with Gasteiger partial charge < -0.3 is 21.1 Å². The molecule has 2 amide bonds. The predicted molar refractivity (Wildman–Crippen MR) is 134 cm³/mol. The number of urea groups is 1. The van der Waals surface area contributed by atoms with Crippen LogP contribution in [0.4, 0.5) is 16.2 Å². The highest BCUT2D eigenvalue weighted by Gasteiger charge is 2.15. The zero-order chi connectivity index (χ0) is 24.7. The van der Waals surface area contributed by atoms with Crippen LogP contribution in [0.3, 0.4) is 0 Å². The molecule has 0 saturated carbocycles. The number of ketones is 1. The first-order valence-corrected chi connectivity index (χ1v) is 10.4. The molecule has 0 fully saturated rings. The Kier molecular flexibility index (Phi) is 7.88. The minimum atomic E-state index is -0.517. The van der Waals surface area contributed by atoms with Crippen LogP contribution >= 0.6 is 0 Å². The summed E-state index contributed by atoms with van der Waals surface area (Å²) in [6, 6.07) is 10.9. The highest BCUT2D eigenvalue weighted by atomic mass is 16.5. The van der Waals surface area contributed by atoms with Gasteiger partial charge in [0.05, 0.1) is 29.6 Å². The Labute approximate surface area is 196 Å². The fraction of sp³-hybridized carbons (Fsp3) is 0.208. The Balaban J connectivity index is 1.94. The van der Waals surface area contributed by atoms with Crippen LogP contribution in [0.25, 0.3) is 16.5 Å². The van der Waals surface area contributed by atoms with E-state index in [1.165, 1.54) is 23.9 Å². The first-order chi connectivity index (χ1) is 16.4. The smallest absolute Gasteiger partial charge is 0.323 e. The van der Waals surface area contributed by atoms with Crippen molar-refractivity contribution in [1.29, 1.82) is 0 Å². The van der Waals surface area contributed by atoms with Gasteiger partial charge in [-0.1, -0.05) is 12.1 Å². The largest absolute Gasteiger partial charge is 0.404 e. The van der Waals surface area contributed by atoms with Gasteiger partial charge in [0.1, 0.15) is 5.82 Å². The highest BCUT2D eigenvalue weighted by Crippen LogP contribution is 2.19. The summed E-state index contributed by atoms with van der Waals surface area (Å²) in [5.41, 5.74) is 7.73. The third-order valence-electron chi connectivity index (χ3n) is 4.96. The maximum Gasteiger partial charge on any atom is 0.323 e. The number of rotatable bonds is 8. The molecule has 0 aliphatic carbocycles. The van der Waals surface area contributed by atoms with Crippen molar-refractivity contribution in [3.8, 4) is 0 Å². The number of amides is 2. The average molecular weight is 463 g/mol. The standard InChI is InChI=1S/C24H26N6O4/c1-15(31)16-5-4-6-18(11-16)27-24(33)28-19-7-8-21-20(12-19)23(32)30(9-10-34-3)22(29-21)17(13-25)14-26-2/h4-8,11-14H,9-10,25H2,1-3H3,(H2,27,28,33). The van der Waals surface area contributed by atoms with Crippen LogP contribution in [-0.4, -0.2) is 48.3 Å². The molecule has 0 unspecified atom stereocenters. The number of nitrogens with one attached hydrogen (secondary N) is 2. The van der Waals surface area contributed by atoms with Crippen molar-refractivity contribution in [2.45, 2.75) is 13.5 Å². The predicted octanol–water partition coefficient (Wildman–Crippen LogP) is 2.89. The number of Topliss-reactive ketones (excluding diaryl/α,β-unsaturated/α-hetero) is 1. The number of ether oxygens (including phenoxy) is 1. The number of hydrogen-bond donors (Lipinski definition) is 3. The van der Waals surface area contributed by atoms with Crippen LogP contribution < -0.4 is 21.9 Å². The van der Waals surface area contributed by atoms with Crippen LogP contribution in [0.2, 0.25) is 0 Å². The molecule has 1 heterocycles. The number of anilines is 2. The normalized spacial score (nSPS) is 11.7. The summed E-state index contributed by atoms with van der Waals surface area (Å²) in [6.45, 7) is 2.00. The molecule has 2 aromatic carbocycles. The number of aromatic nitrogens is 2. The van der Waals surface area contributed by atoms with Gasteiger partial charge in [0, 0.05) is 43.5 Å². The van der Waals surface area contributed by atoms with Gasteiger partial charge in [0.2, 0.25) is 0 Å². The van der Waals surface area contributed by atoms with E-state index < -0.39 is 6.03 Å². The maximum atomic E-state index is 13.3. The quantitative estimate of drug-likeness (QED) is 0.347. The number of allylic oxidation sites excluding steroid dienone is 1. The summed E-state index contributed by atoms with van der Waals surface area (Å²) in [5.74, 6) is 0.263. The lowest BCUT2D eigenvalue weighted by Crippen LogP contribution is -2.27. The molecule has 0 aliphatic rings. The SMILES string of the molecule is CN=CC(=CN)c1nc2ccc(NC(=O)Nc3cccc(C(C)=O)c3)cc2c(=O)n1CCOC. The number of nitrogens with two attached hydrogens (primary N) is 1. The molecule has 4 N–H and O–H groups in total. The molecule has 10 nitrogen and oxygen atoms in total. The van der Waals surface area contributed by atoms with E-state index in [1.807, 2.05) is 0 Å². The molecule has 176 valence electrons. The number of nitrogens with zero attached hydrogens (tertiary/aromatic N) is 3. The molecule has 0 saturated heterocycles. The Hall–Kier alpha value is -4.31. The fourth-order valence-electron chi connectivity index (χ4n) is 3.33. The van der Waals surface area contributed by atoms with Crippen molar-refractivity contribution in [3.63, 3.8) is 0 Å². The van der Waals surface area contributed by atoms with Crippen molar-refractivity contribution in [2.75, 3.05) is 31.4 Å². The van der Waals surface area contributed by atoms with Gasteiger partial charge in [0.25, 0.3) is 5.56 Å². The van der Waals surface area contributed by atoms with E-state index in [9.17, 15) is 14.4 Å². The molecule has 0 atom stereocenters. The number of carbonyl (C=O) groups is 2. The lowest BCUT2D eigenvalue weighted by atomic mass is 10.1. The van der Waals surface area contributed by atoms with E-state index in [0.717, 1.165) is 0 Å². The number of aliphatic imine (C=N–C) groups is 1. The van der Waals surface area contributed by atoms with Gasteiger partial charge in [-0.15, -0.1) is 0 Å². The topological polar surface area (TPSA) is 141 Å². The summed E-state index contributed by atoms with van der Waals surface area (Å²) in [7, 11) is 3.14. The first kappa shape index (κ1) is 24.3. The molecule has 0 aliphatic heterocycles. The number of benzene rings is 2. The second-order valence-electron chi connectivity index (χ2n) is 7.34. The third kappa shape index (κ3) is 5.54. The number of hydrogen-bond acceptors (Lipinski definition) is 7. The molecule has 0 spiro atoms. The van der Waals surface area contributed by atoms with Gasteiger partial charge in [-0.05, 0) is 37.3 Å². The van der Waals surface area contributed by atoms with Gasteiger partial charge in [-0.3, -0.25) is 19.1 Å². The second kappa shape index (κ2) is 11.0. The minimum absolute atomic E-state index is 0.104. The number of methoxy groups -OCH3 is 1. The molecule has 34 heavy (non-hydrogen) atoms. The van der Waals surface area contributed by atoms with Crippen molar-refractivity contribution < 1.29 is 14.3 Å². The Bertz CT molecular complexity index is 1340. The van der Waals surface area contributed by atoms with E-state index in [0.29, 0.717) is 45.8 Å². The molecular weight excluding hydrogens is 436 g/mol. The van der Waals surface area contributed by atoms with Crippen molar-refractivity contribution >= 4 is 45.9 Å². The summed E-state index contributed by atoms with van der Waals surface area (Å²) in [4.78, 5) is 45.9. The van der Waals surface area contributed by atoms with Crippen LogP contribution in [0.15, 0.2) is 58.5 Å². The summed E-state index contributed by atoms with van der Waals surface area (Å²) < 4.78 is 6.60. The summed E-state index contributed by atoms with van der Waals surface area (Å²) in [6.07, 6.45) is 2.86. The fourth-order valence-corrected chi connectivity index (χ4v) is 3.33. The van der Waals surface area contributed by atoms with Crippen LogP contribution in [0, 0.1) is 0 Å². The average Bonchev–Trinajstić information content (AvgIpc) is 2.82. The zero-order valence-electron chi connectivity index (χ0n) is 19.2. The van der Waals surface area contributed by atoms with Crippen molar-refractivity contribution in [3.05, 3.63) is 70.4 Å². The third-order valence-corrected chi connectivity index (χ3v) is 4.96. The number of fused-ring (bicyclic) bond motifs is 1. The maximum absolute atomic E-state index is 13.3. The van der Waals surface area contributed by atoms with Crippen molar-refractivity contribution in [1.82, 2.24) is 9.55 Å². The van der Waals surface area contributed by atoms with Gasteiger partial charge in [-0.25, -0.2) is 9.78 Å². The summed E-state index contributed by atoms with van der Waals surface area (Å²) in [5, 5.41) is 5.70. The number of carbonyl (C=O) groups excluding carboxylic acids is 2. The molecule has 0 radical (unpaired) electrons. The highest BCUT2D eigenvalue weighted by molar-refractivity contribution is 6.08. The Morgan fingerprint density at radius 1 is 1.18 bits per heavy atom. The molecule has 3 rings (SSSR count). The minimum Gasteiger partial charge on any atom is -0.404 e. The molecule has 0 bridgehead atoms. The van der Waals surface area contributed by atoms with Crippen LogP contribution in [0.1, 0.15) is 23.1 Å². The molecular formula is C24H26N6O4. The molecule has 1 aromatic heterocycles. The summed E-state index contributed by atoms with van der Waals surface area (Å²) >= 11 is 0.